The van der Waals surface area contributed by atoms with E-state index in [0.717, 1.165) is 6.07 Å². The smallest absolute Gasteiger partial charge is 0.126 e. The summed E-state index contributed by atoms with van der Waals surface area (Å²) in [5.74, 6) is -1.30. The van der Waals surface area contributed by atoms with Gasteiger partial charge in [-0.15, -0.1) is 0 Å². The normalized spacial score (nSPS) is 14.5. The molecule has 0 spiro atoms. The van der Waals surface area contributed by atoms with Crippen LogP contribution < -0.4 is 5.73 Å². The maximum atomic E-state index is 13.1. The van der Waals surface area contributed by atoms with Gasteiger partial charge in [-0.3, -0.25) is 0 Å². The zero-order valence-corrected chi connectivity index (χ0v) is 10.5. The van der Waals surface area contributed by atoms with Gasteiger partial charge in [-0.1, -0.05) is 0 Å². The van der Waals surface area contributed by atoms with Crippen LogP contribution in [0.3, 0.4) is 0 Å². The van der Waals surface area contributed by atoms with Gasteiger partial charge in [-0.25, -0.2) is 8.78 Å². The minimum absolute atomic E-state index is 0.102. The maximum absolute atomic E-state index is 13.1. The van der Waals surface area contributed by atoms with Crippen molar-refractivity contribution in [1.82, 2.24) is 0 Å². The van der Waals surface area contributed by atoms with E-state index >= 15 is 0 Å². The quantitative estimate of drug-likeness (QED) is 0.782. The number of rotatable bonds is 7. The number of nitrogens with two attached hydrogens (primary N) is 1. The van der Waals surface area contributed by atoms with E-state index in [4.69, 9.17) is 10.5 Å². The van der Waals surface area contributed by atoms with Gasteiger partial charge >= 0.3 is 0 Å². The van der Waals surface area contributed by atoms with Crippen molar-refractivity contribution in [2.24, 2.45) is 5.73 Å². The highest BCUT2D eigenvalue weighted by molar-refractivity contribution is 5.20. The third-order valence-corrected chi connectivity index (χ3v) is 2.71. The van der Waals surface area contributed by atoms with Gasteiger partial charge in [-0.05, 0) is 37.1 Å². The second-order valence-electron chi connectivity index (χ2n) is 4.50. The van der Waals surface area contributed by atoms with Crippen LogP contribution in [0.4, 0.5) is 8.78 Å². The van der Waals surface area contributed by atoms with E-state index in [-0.39, 0.29) is 13.0 Å². The van der Waals surface area contributed by atoms with E-state index in [1.165, 1.54) is 19.2 Å². The van der Waals surface area contributed by atoms with Crippen LogP contribution in [-0.2, 0) is 11.2 Å². The topological polar surface area (TPSA) is 55.5 Å². The minimum Gasteiger partial charge on any atom is -0.387 e. The molecule has 0 aromatic heterocycles. The average Bonchev–Trinajstić information content (AvgIpc) is 2.25. The van der Waals surface area contributed by atoms with Crippen molar-refractivity contribution >= 4 is 0 Å². The molecule has 0 fully saturated rings. The molecule has 0 radical (unpaired) electrons. The van der Waals surface area contributed by atoms with E-state index < -0.39 is 17.2 Å². The summed E-state index contributed by atoms with van der Waals surface area (Å²) in [5.41, 5.74) is 4.66. The summed E-state index contributed by atoms with van der Waals surface area (Å²) >= 11 is 0. The zero-order valence-electron chi connectivity index (χ0n) is 10.5. The molecule has 0 aliphatic rings. The van der Waals surface area contributed by atoms with Crippen molar-refractivity contribution in [3.63, 3.8) is 0 Å². The number of hydrogen-bond acceptors (Lipinski definition) is 3. The molecule has 1 rings (SSSR count). The van der Waals surface area contributed by atoms with Crippen LogP contribution in [0, 0.1) is 11.6 Å². The molecule has 0 aliphatic carbocycles. The van der Waals surface area contributed by atoms with Crippen LogP contribution >= 0.6 is 0 Å². The van der Waals surface area contributed by atoms with E-state index in [0.29, 0.717) is 24.9 Å². The lowest BCUT2D eigenvalue weighted by molar-refractivity contribution is -0.0376. The fourth-order valence-electron chi connectivity index (χ4n) is 2.00. The van der Waals surface area contributed by atoms with E-state index in [1.807, 2.05) is 0 Å². The standard InChI is InChI=1S/C13H19F2NO2/c1-18-9-13(17,3-2-4-16)8-10-5-11(14)7-12(15)6-10/h5-7,17H,2-4,8-9,16H2,1H3. The van der Waals surface area contributed by atoms with E-state index in [1.54, 1.807) is 0 Å². The highest BCUT2D eigenvalue weighted by Gasteiger charge is 2.27. The van der Waals surface area contributed by atoms with Crippen molar-refractivity contribution in [2.45, 2.75) is 24.9 Å². The molecular formula is C13H19F2NO2. The first-order valence-corrected chi connectivity index (χ1v) is 5.85. The van der Waals surface area contributed by atoms with Gasteiger partial charge in [0, 0.05) is 19.6 Å². The Balaban J connectivity index is 2.81. The molecule has 0 heterocycles. The molecule has 0 bridgehead atoms. The summed E-state index contributed by atoms with van der Waals surface area (Å²) in [6.07, 6.45) is 1.18. The van der Waals surface area contributed by atoms with Crippen molar-refractivity contribution < 1.29 is 18.6 Å². The first-order valence-electron chi connectivity index (χ1n) is 5.85. The largest absolute Gasteiger partial charge is 0.387 e. The van der Waals surface area contributed by atoms with Crippen LogP contribution in [0.25, 0.3) is 0 Å². The molecule has 0 saturated heterocycles. The Bertz CT molecular complexity index is 367. The lowest BCUT2D eigenvalue weighted by Crippen LogP contribution is -2.37. The Hall–Kier alpha value is -1.04. The van der Waals surface area contributed by atoms with Gasteiger partial charge < -0.3 is 15.6 Å². The Morgan fingerprint density at radius 2 is 1.89 bits per heavy atom. The Kier molecular flexibility index (Phi) is 5.65. The monoisotopic (exact) mass is 259 g/mol. The number of aliphatic hydroxyl groups is 1. The van der Waals surface area contributed by atoms with Gasteiger partial charge in [0.2, 0.25) is 0 Å². The third kappa shape index (κ3) is 4.68. The molecule has 0 aliphatic heterocycles. The number of methoxy groups -OCH3 is 1. The number of benzene rings is 1. The molecule has 3 N–H and O–H groups in total. The lowest BCUT2D eigenvalue weighted by atomic mass is 9.90. The Morgan fingerprint density at radius 3 is 2.39 bits per heavy atom. The number of hydrogen-bond donors (Lipinski definition) is 2. The van der Waals surface area contributed by atoms with Gasteiger partial charge in [-0.2, -0.15) is 0 Å². The van der Waals surface area contributed by atoms with Gasteiger partial charge in [0.05, 0.1) is 12.2 Å². The minimum atomic E-state index is -1.14. The van der Waals surface area contributed by atoms with Crippen LogP contribution in [0.2, 0.25) is 0 Å². The van der Waals surface area contributed by atoms with Gasteiger partial charge in [0.1, 0.15) is 11.6 Å². The molecule has 5 heteroatoms. The van der Waals surface area contributed by atoms with E-state index in [9.17, 15) is 13.9 Å². The molecule has 1 aromatic rings. The van der Waals surface area contributed by atoms with Crippen molar-refractivity contribution in [3.05, 3.63) is 35.4 Å². The SMILES string of the molecule is COCC(O)(CCCN)Cc1cc(F)cc(F)c1. The molecule has 0 saturated carbocycles. The third-order valence-electron chi connectivity index (χ3n) is 2.71. The summed E-state index contributed by atoms with van der Waals surface area (Å²) in [6.45, 7) is 0.550. The molecule has 1 atom stereocenters. The molecule has 3 nitrogen and oxygen atoms in total. The summed E-state index contributed by atoms with van der Waals surface area (Å²) in [7, 11) is 1.47. The lowest BCUT2D eigenvalue weighted by Gasteiger charge is -2.27. The second-order valence-corrected chi connectivity index (χ2v) is 4.50. The van der Waals surface area contributed by atoms with E-state index in [2.05, 4.69) is 0 Å². The molecule has 18 heavy (non-hydrogen) atoms. The van der Waals surface area contributed by atoms with Crippen LogP contribution in [0.15, 0.2) is 18.2 Å². The van der Waals surface area contributed by atoms with Gasteiger partial charge in [0.15, 0.2) is 0 Å². The molecule has 0 amide bonds. The van der Waals surface area contributed by atoms with Crippen molar-refractivity contribution in [2.75, 3.05) is 20.3 Å². The number of halogens is 2. The highest BCUT2D eigenvalue weighted by Crippen LogP contribution is 2.21. The molecular weight excluding hydrogens is 240 g/mol. The predicted octanol–water partition coefficient (Wildman–Crippen LogP) is 1.62. The van der Waals surface area contributed by atoms with Crippen LogP contribution in [-0.4, -0.2) is 31.0 Å². The summed E-state index contributed by atoms with van der Waals surface area (Å²) in [6, 6.07) is 3.23. The molecule has 1 aromatic carbocycles. The summed E-state index contributed by atoms with van der Waals surface area (Å²) < 4.78 is 31.1. The number of ether oxygens (including phenoxy) is 1. The van der Waals surface area contributed by atoms with Crippen LogP contribution in [0.1, 0.15) is 18.4 Å². The molecule has 102 valence electrons. The zero-order chi connectivity index (χ0) is 13.6. The van der Waals surface area contributed by atoms with Crippen molar-refractivity contribution in [1.29, 1.82) is 0 Å². The van der Waals surface area contributed by atoms with Crippen molar-refractivity contribution in [3.8, 4) is 0 Å². The average molecular weight is 259 g/mol. The summed E-state index contributed by atoms with van der Waals surface area (Å²) in [4.78, 5) is 0. The molecule has 1 unspecified atom stereocenters. The summed E-state index contributed by atoms with van der Waals surface area (Å²) in [5, 5.41) is 10.4. The first-order chi connectivity index (χ1) is 8.49. The fourth-order valence-corrected chi connectivity index (χ4v) is 2.00. The Labute approximate surface area is 106 Å². The Morgan fingerprint density at radius 1 is 1.28 bits per heavy atom. The second kappa shape index (κ2) is 6.78. The maximum Gasteiger partial charge on any atom is 0.126 e. The predicted molar refractivity (Wildman–Crippen MR) is 65.2 cm³/mol. The first kappa shape index (κ1) is 15.0. The fraction of sp³-hybridized carbons (Fsp3) is 0.538. The van der Waals surface area contributed by atoms with Crippen LogP contribution in [0.5, 0.6) is 0 Å². The van der Waals surface area contributed by atoms with Gasteiger partial charge in [0.25, 0.3) is 0 Å². The highest BCUT2D eigenvalue weighted by atomic mass is 19.1.